The first-order valence-electron chi connectivity index (χ1n) is 4.51. The first-order chi connectivity index (χ1) is 7.59. The van der Waals surface area contributed by atoms with Gasteiger partial charge in [0.2, 0.25) is 0 Å². The third kappa shape index (κ3) is 1.88. The van der Waals surface area contributed by atoms with Crippen molar-refractivity contribution in [2.24, 2.45) is 4.99 Å². The number of aromatic hydroxyl groups is 1. The number of rotatable bonds is 2. The maximum Gasteiger partial charge on any atom is 0.329 e. The summed E-state index contributed by atoms with van der Waals surface area (Å²) in [4.78, 5) is 14.6. The average Bonchev–Trinajstić information content (AvgIpc) is 2.71. The number of carboxylic acids is 1. The molecule has 1 atom stereocenters. The van der Waals surface area contributed by atoms with E-state index in [0.29, 0.717) is 10.8 Å². The van der Waals surface area contributed by atoms with Crippen molar-refractivity contribution >= 4 is 22.8 Å². The number of phenols is 1. The van der Waals surface area contributed by atoms with E-state index in [2.05, 4.69) is 4.99 Å². The number of halogens is 1. The standard InChI is InChI=1S/C10H8FNO3S/c11-6-3-1-2-5(8(6)13)9-12-7(4-16-9)10(14)15/h1-3,7,13H,4H2,(H,14,15)/t7-/m0/s1. The zero-order chi connectivity index (χ0) is 11.7. The molecule has 84 valence electrons. The van der Waals surface area contributed by atoms with Gasteiger partial charge in [-0.15, -0.1) is 11.8 Å². The Hall–Kier alpha value is -1.56. The van der Waals surface area contributed by atoms with Gasteiger partial charge in [0.25, 0.3) is 0 Å². The van der Waals surface area contributed by atoms with Gasteiger partial charge in [-0.2, -0.15) is 0 Å². The summed E-state index contributed by atoms with van der Waals surface area (Å²) in [6.07, 6.45) is 0. The van der Waals surface area contributed by atoms with Crippen LogP contribution in [-0.2, 0) is 4.79 Å². The summed E-state index contributed by atoms with van der Waals surface area (Å²) in [5.41, 5.74) is 0.244. The smallest absolute Gasteiger partial charge is 0.329 e. The van der Waals surface area contributed by atoms with E-state index in [1.54, 1.807) is 0 Å². The van der Waals surface area contributed by atoms with Gasteiger partial charge in [0, 0.05) is 5.75 Å². The molecule has 1 aromatic rings. The van der Waals surface area contributed by atoms with Gasteiger partial charge in [0.15, 0.2) is 17.6 Å². The molecule has 0 aliphatic carbocycles. The topological polar surface area (TPSA) is 69.9 Å². The van der Waals surface area contributed by atoms with E-state index in [-0.39, 0.29) is 5.56 Å². The molecule has 0 aromatic heterocycles. The number of carbonyl (C=O) groups is 1. The van der Waals surface area contributed by atoms with Crippen LogP contribution in [0, 0.1) is 5.82 Å². The summed E-state index contributed by atoms with van der Waals surface area (Å²) in [7, 11) is 0. The quantitative estimate of drug-likeness (QED) is 0.822. The number of nitrogens with zero attached hydrogens (tertiary/aromatic N) is 1. The molecule has 0 saturated heterocycles. The molecule has 6 heteroatoms. The van der Waals surface area contributed by atoms with Gasteiger partial charge >= 0.3 is 5.97 Å². The fourth-order valence-corrected chi connectivity index (χ4v) is 2.39. The molecule has 1 aromatic carbocycles. The Morgan fingerprint density at radius 2 is 2.31 bits per heavy atom. The van der Waals surface area contributed by atoms with E-state index >= 15 is 0 Å². The molecule has 0 amide bonds. The SMILES string of the molecule is O=C(O)[C@@H]1CSC(c2cccc(F)c2O)=N1. The third-order valence-corrected chi connectivity index (χ3v) is 3.23. The van der Waals surface area contributed by atoms with Crippen molar-refractivity contribution < 1.29 is 19.4 Å². The summed E-state index contributed by atoms with van der Waals surface area (Å²) in [5, 5.41) is 18.6. The van der Waals surface area contributed by atoms with Gasteiger partial charge in [0.05, 0.1) is 5.56 Å². The number of carboxylic acid groups (broad SMARTS) is 1. The number of benzene rings is 1. The molecule has 16 heavy (non-hydrogen) atoms. The highest BCUT2D eigenvalue weighted by Crippen LogP contribution is 2.30. The lowest BCUT2D eigenvalue weighted by Gasteiger charge is -2.03. The van der Waals surface area contributed by atoms with Crippen LogP contribution in [0.3, 0.4) is 0 Å². The van der Waals surface area contributed by atoms with Gasteiger partial charge in [-0.3, -0.25) is 4.99 Å². The Morgan fingerprint density at radius 3 is 2.94 bits per heavy atom. The molecule has 1 aliphatic heterocycles. The highest BCUT2D eigenvalue weighted by Gasteiger charge is 2.26. The Bertz CT molecular complexity index is 475. The number of aliphatic carboxylic acids is 1. The van der Waals surface area contributed by atoms with Crippen LogP contribution in [0.5, 0.6) is 5.75 Å². The summed E-state index contributed by atoms with van der Waals surface area (Å²) in [5.74, 6) is -1.93. The average molecular weight is 241 g/mol. The lowest BCUT2D eigenvalue weighted by molar-refractivity contribution is -0.137. The minimum Gasteiger partial charge on any atom is -0.504 e. The number of aliphatic imine (C=N–C) groups is 1. The second kappa shape index (κ2) is 4.13. The predicted molar refractivity (Wildman–Crippen MR) is 58.5 cm³/mol. The van der Waals surface area contributed by atoms with Crippen LogP contribution >= 0.6 is 11.8 Å². The van der Waals surface area contributed by atoms with E-state index in [0.717, 1.165) is 6.07 Å². The van der Waals surface area contributed by atoms with Gasteiger partial charge < -0.3 is 10.2 Å². The van der Waals surface area contributed by atoms with Crippen LogP contribution < -0.4 is 0 Å². The molecule has 0 radical (unpaired) electrons. The van der Waals surface area contributed by atoms with Gasteiger partial charge in [-0.1, -0.05) is 6.07 Å². The Balaban J connectivity index is 2.36. The minimum atomic E-state index is -1.02. The Morgan fingerprint density at radius 1 is 1.56 bits per heavy atom. The highest BCUT2D eigenvalue weighted by molar-refractivity contribution is 8.14. The molecule has 1 aliphatic rings. The van der Waals surface area contributed by atoms with Crippen LogP contribution in [0.25, 0.3) is 0 Å². The molecule has 0 spiro atoms. The fraction of sp³-hybridized carbons (Fsp3) is 0.200. The largest absolute Gasteiger partial charge is 0.504 e. The van der Waals surface area contributed by atoms with Gasteiger partial charge in [-0.05, 0) is 12.1 Å². The second-order valence-electron chi connectivity index (χ2n) is 3.24. The number of hydrogen-bond acceptors (Lipinski definition) is 4. The van der Waals surface area contributed by atoms with E-state index in [1.807, 2.05) is 0 Å². The number of para-hydroxylation sites is 1. The Labute approximate surface area is 94.8 Å². The molecule has 1 heterocycles. The number of thioether (sulfide) groups is 1. The maximum atomic E-state index is 13.1. The monoisotopic (exact) mass is 241 g/mol. The van der Waals surface area contributed by atoms with Crippen LogP contribution in [0.1, 0.15) is 5.56 Å². The van der Waals surface area contributed by atoms with Crippen LogP contribution in [-0.4, -0.2) is 33.0 Å². The Kier molecular flexibility index (Phi) is 2.82. The molecular weight excluding hydrogens is 233 g/mol. The molecule has 4 nitrogen and oxygen atoms in total. The molecule has 0 bridgehead atoms. The van der Waals surface area contributed by atoms with Gasteiger partial charge in [-0.25, -0.2) is 9.18 Å². The lowest BCUT2D eigenvalue weighted by Crippen LogP contribution is -2.17. The molecule has 2 rings (SSSR count). The van der Waals surface area contributed by atoms with Crippen LogP contribution in [0.15, 0.2) is 23.2 Å². The zero-order valence-corrected chi connectivity index (χ0v) is 8.87. The fourth-order valence-electron chi connectivity index (χ4n) is 1.34. The first-order valence-corrected chi connectivity index (χ1v) is 5.49. The van der Waals surface area contributed by atoms with Crippen molar-refractivity contribution in [3.05, 3.63) is 29.6 Å². The van der Waals surface area contributed by atoms with Crippen molar-refractivity contribution in [2.45, 2.75) is 6.04 Å². The number of phenolic OH excluding ortho intramolecular Hbond substituents is 1. The van der Waals surface area contributed by atoms with Crippen molar-refractivity contribution in [2.75, 3.05) is 5.75 Å². The van der Waals surface area contributed by atoms with E-state index in [4.69, 9.17) is 5.11 Å². The summed E-state index contributed by atoms with van der Waals surface area (Å²) >= 11 is 1.20. The van der Waals surface area contributed by atoms with Crippen molar-refractivity contribution in [1.29, 1.82) is 0 Å². The van der Waals surface area contributed by atoms with Crippen molar-refractivity contribution in [3.63, 3.8) is 0 Å². The second-order valence-corrected chi connectivity index (χ2v) is 4.24. The van der Waals surface area contributed by atoms with E-state index in [9.17, 15) is 14.3 Å². The molecular formula is C10H8FNO3S. The van der Waals surface area contributed by atoms with E-state index in [1.165, 1.54) is 23.9 Å². The number of hydrogen-bond donors (Lipinski definition) is 2. The normalized spacial score (nSPS) is 19.6. The van der Waals surface area contributed by atoms with Crippen LogP contribution in [0.4, 0.5) is 4.39 Å². The van der Waals surface area contributed by atoms with Crippen LogP contribution in [0.2, 0.25) is 0 Å². The van der Waals surface area contributed by atoms with Crippen molar-refractivity contribution in [1.82, 2.24) is 0 Å². The summed E-state index contributed by atoms with van der Waals surface area (Å²) in [6.45, 7) is 0. The molecule has 0 unspecified atom stereocenters. The lowest BCUT2D eigenvalue weighted by atomic mass is 10.2. The minimum absolute atomic E-state index is 0.244. The zero-order valence-electron chi connectivity index (χ0n) is 8.05. The third-order valence-electron chi connectivity index (χ3n) is 2.15. The molecule has 0 saturated carbocycles. The van der Waals surface area contributed by atoms with E-state index < -0.39 is 23.6 Å². The first kappa shape index (κ1) is 10.9. The maximum absolute atomic E-state index is 13.1. The molecule has 2 N–H and O–H groups in total. The van der Waals surface area contributed by atoms with Gasteiger partial charge in [0.1, 0.15) is 5.04 Å². The highest BCUT2D eigenvalue weighted by atomic mass is 32.2. The predicted octanol–water partition coefficient (Wildman–Crippen LogP) is 1.48. The summed E-state index contributed by atoms with van der Waals surface area (Å²) in [6, 6.07) is 3.27. The molecule has 0 fully saturated rings. The van der Waals surface area contributed by atoms with Crippen molar-refractivity contribution in [3.8, 4) is 5.75 Å². The summed E-state index contributed by atoms with van der Waals surface area (Å²) < 4.78 is 13.1.